The molecule has 0 radical (unpaired) electrons. The predicted molar refractivity (Wildman–Crippen MR) is 60.3 cm³/mol. The molecule has 0 unspecified atom stereocenters. The lowest BCUT2D eigenvalue weighted by molar-refractivity contribution is 0.154. The van der Waals surface area contributed by atoms with E-state index in [1.807, 2.05) is 0 Å². The molecule has 0 N–H and O–H groups in total. The highest BCUT2D eigenvalue weighted by molar-refractivity contribution is 7.99. The van der Waals surface area contributed by atoms with E-state index in [2.05, 4.69) is 37.4 Å². The first kappa shape index (κ1) is 9.85. The van der Waals surface area contributed by atoms with Gasteiger partial charge in [-0.05, 0) is 51.3 Å². The third-order valence-corrected chi connectivity index (χ3v) is 4.88. The zero-order valence-corrected chi connectivity index (χ0v) is 9.91. The molecule has 0 bridgehead atoms. The topological polar surface area (TPSA) is 3.24 Å². The van der Waals surface area contributed by atoms with Gasteiger partial charge in [-0.25, -0.2) is 0 Å². The summed E-state index contributed by atoms with van der Waals surface area (Å²) in [6.07, 6.45) is 2.90. The van der Waals surface area contributed by atoms with Gasteiger partial charge in [0, 0.05) is 17.8 Å². The second-order valence-corrected chi connectivity index (χ2v) is 6.75. The van der Waals surface area contributed by atoms with Gasteiger partial charge in [-0.3, -0.25) is 4.90 Å². The summed E-state index contributed by atoms with van der Waals surface area (Å²) in [6, 6.07) is 0. The van der Waals surface area contributed by atoms with Crippen LogP contribution in [0.3, 0.4) is 0 Å². The van der Waals surface area contributed by atoms with Gasteiger partial charge in [0.05, 0.1) is 0 Å². The van der Waals surface area contributed by atoms with Gasteiger partial charge in [0.25, 0.3) is 0 Å². The molecule has 1 atom stereocenters. The van der Waals surface area contributed by atoms with E-state index in [4.69, 9.17) is 0 Å². The third kappa shape index (κ3) is 1.89. The van der Waals surface area contributed by atoms with Crippen LogP contribution < -0.4 is 0 Å². The van der Waals surface area contributed by atoms with Gasteiger partial charge in [0.1, 0.15) is 0 Å². The van der Waals surface area contributed by atoms with E-state index in [9.17, 15) is 0 Å². The van der Waals surface area contributed by atoms with Crippen molar-refractivity contribution in [2.75, 3.05) is 24.6 Å². The highest BCUT2D eigenvalue weighted by Gasteiger charge is 2.43. The lowest BCUT2D eigenvalue weighted by Gasteiger charge is -2.33. The summed E-state index contributed by atoms with van der Waals surface area (Å²) in [6.45, 7) is 9.70. The molecular formula is C11H21NS. The van der Waals surface area contributed by atoms with Crippen molar-refractivity contribution in [3.05, 3.63) is 0 Å². The molecule has 1 nitrogen and oxygen atoms in total. The van der Waals surface area contributed by atoms with Gasteiger partial charge >= 0.3 is 0 Å². The zero-order chi connectivity index (χ0) is 9.53. The molecular weight excluding hydrogens is 178 g/mol. The molecule has 0 amide bonds. The van der Waals surface area contributed by atoms with Gasteiger partial charge in [-0.1, -0.05) is 0 Å². The largest absolute Gasteiger partial charge is 0.298 e. The van der Waals surface area contributed by atoms with Gasteiger partial charge < -0.3 is 0 Å². The Bertz CT molecular complexity index is 189. The molecule has 2 heteroatoms. The van der Waals surface area contributed by atoms with Crippen molar-refractivity contribution in [1.29, 1.82) is 0 Å². The van der Waals surface area contributed by atoms with E-state index in [1.54, 1.807) is 0 Å². The maximum absolute atomic E-state index is 2.67. The first-order valence-corrected chi connectivity index (χ1v) is 6.50. The summed E-state index contributed by atoms with van der Waals surface area (Å²) in [4.78, 5) is 2.67. The molecule has 1 spiro atoms. The number of nitrogens with zero attached hydrogens (tertiary/aromatic N) is 1. The van der Waals surface area contributed by atoms with Crippen molar-refractivity contribution in [3.63, 3.8) is 0 Å². The van der Waals surface area contributed by atoms with E-state index in [-0.39, 0.29) is 0 Å². The predicted octanol–water partition coefficient (Wildman–Crippen LogP) is 2.61. The van der Waals surface area contributed by atoms with Gasteiger partial charge in [0.2, 0.25) is 0 Å². The number of hydrogen-bond donors (Lipinski definition) is 0. The molecule has 2 rings (SSSR count). The number of hydrogen-bond acceptors (Lipinski definition) is 2. The summed E-state index contributed by atoms with van der Waals surface area (Å²) in [5.41, 5.74) is 1.09. The average molecular weight is 199 g/mol. The molecule has 0 aromatic heterocycles. The second-order valence-electron chi connectivity index (χ2n) is 5.64. The van der Waals surface area contributed by atoms with Crippen LogP contribution in [0.1, 0.15) is 33.6 Å². The van der Waals surface area contributed by atoms with E-state index in [0.717, 1.165) is 0 Å². The summed E-state index contributed by atoms with van der Waals surface area (Å²) in [5, 5.41) is 0. The van der Waals surface area contributed by atoms with Crippen LogP contribution in [0, 0.1) is 5.41 Å². The monoisotopic (exact) mass is 199 g/mol. The minimum Gasteiger partial charge on any atom is -0.298 e. The van der Waals surface area contributed by atoms with Crippen molar-refractivity contribution in [3.8, 4) is 0 Å². The molecule has 2 saturated heterocycles. The highest BCUT2D eigenvalue weighted by atomic mass is 32.2. The standard InChI is InChI=1S/C11H21NS/c1-10(2,3)12-6-4-11(8-12)5-7-13-9-11/h4-9H2,1-3H3/t11-/m0/s1. The molecule has 0 aromatic carbocycles. The smallest absolute Gasteiger partial charge is 0.0125 e. The fourth-order valence-corrected chi connectivity index (χ4v) is 4.01. The van der Waals surface area contributed by atoms with Crippen LogP contribution in [0.5, 0.6) is 0 Å². The van der Waals surface area contributed by atoms with Gasteiger partial charge in [-0.15, -0.1) is 0 Å². The Hall–Kier alpha value is 0.310. The highest BCUT2D eigenvalue weighted by Crippen LogP contribution is 2.44. The number of thioether (sulfide) groups is 1. The second kappa shape index (κ2) is 3.16. The molecule has 2 aliphatic rings. The maximum atomic E-state index is 2.67. The van der Waals surface area contributed by atoms with Crippen LogP contribution in [0.2, 0.25) is 0 Å². The fraction of sp³-hybridized carbons (Fsp3) is 1.00. The molecule has 2 aliphatic heterocycles. The zero-order valence-electron chi connectivity index (χ0n) is 9.10. The summed E-state index contributed by atoms with van der Waals surface area (Å²) in [5.74, 6) is 2.82. The Morgan fingerprint density at radius 1 is 1.23 bits per heavy atom. The lowest BCUT2D eigenvalue weighted by Crippen LogP contribution is -2.41. The normalized spacial score (nSPS) is 36.2. The summed E-state index contributed by atoms with van der Waals surface area (Å²) in [7, 11) is 0. The average Bonchev–Trinajstić information content (AvgIpc) is 2.60. The Morgan fingerprint density at radius 2 is 2.00 bits per heavy atom. The van der Waals surface area contributed by atoms with E-state index < -0.39 is 0 Å². The van der Waals surface area contributed by atoms with Crippen LogP contribution in [-0.2, 0) is 0 Å². The van der Waals surface area contributed by atoms with Crippen LogP contribution in [0.15, 0.2) is 0 Å². The number of rotatable bonds is 0. The molecule has 0 saturated carbocycles. The van der Waals surface area contributed by atoms with Crippen molar-refractivity contribution >= 4 is 11.8 Å². The van der Waals surface area contributed by atoms with Crippen molar-refractivity contribution in [2.24, 2.45) is 5.41 Å². The molecule has 76 valence electrons. The van der Waals surface area contributed by atoms with Crippen molar-refractivity contribution in [2.45, 2.75) is 39.2 Å². The Kier molecular flexibility index (Phi) is 2.40. The SMILES string of the molecule is CC(C)(C)N1CC[C@]2(CCSC2)C1. The van der Waals surface area contributed by atoms with E-state index >= 15 is 0 Å². The summed E-state index contributed by atoms with van der Waals surface area (Å²) >= 11 is 2.16. The maximum Gasteiger partial charge on any atom is 0.0125 e. The van der Waals surface area contributed by atoms with Crippen LogP contribution >= 0.6 is 11.8 Å². The molecule has 2 fully saturated rings. The van der Waals surface area contributed by atoms with Crippen molar-refractivity contribution < 1.29 is 0 Å². The first-order valence-electron chi connectivity index (χ1n) is 5.35. The molecule has 13 heavy (non-hydrogen) atoms. The van der Waals surface area contributed by atoms with Crippen LogP contribution in [0.4, 0.5) is 0 Å². The Balaban J connectivity index is 2.01. The van der Waals surface area contributed by atoms with Crippen molar-refractivity contribution in [1.82, 2.24) is 4.90 Å². The van der Waals surface area contributed by atoms with E-state index in [1.165, 1.54) is 37.4 Å². The lowest BCUT2D eigenvalue weighted by atomic mass is 9.87. The minimum absolute atomic E-state index is 0.386. The number of likely N-dealkylation sites (tertiary alicyclic amines) is 1. The third-order valence-electron chi connectivity index (χ3n) is 3.57. The Labute approximate surface area is 86.3 Å². The minimum atomic E-state index is 0.386. The van der Waals surface area contributed by atoms with Gasteiger partial charge in [0.15, 0.2) is 0 Å². The van der Waals surface area contributed by atoms with Gasteiger partial charge in [-0.2, -0.15) is 11.8 Å². The van der Waals surface area contributed by atoms with E-state index in [0.29, 0.717) is 11.0 Å². The first-order chi connectivity index (χ1) is 6.02. The van der Waals surface area contributed by atoms with Crippen LogP contribution in [-0.4, -0.2) is 35.0 Å². The van der Waals surface area contributed by atoms with Crippen LogP contribution in [0.25, 0.3) is 0 Å². The summed E-state index contributed by atoms with van der Waals surface area (Å²) < 4.78 is 0. The molecule has 0 aromatic rings. The molecule has 2 heterocycles. The quantitative estimate of drug-likeness (QED) is 0.590. The molecule has 0 aliphatic carbocycles. The fourth-order valence-electron chi connectivity index (χ4n) is 2.48. The Morgan fingerprint density at radius 3 is 2.46 bits per heavy atom.